The molecule has 1 aromatic rings. The maximum atomic E-state index is 14.6. The second-order valence-corrected chi connectivity index (χ2v) is 7.03. The van der Waals surface area contributed by atoms with E-state index >= 15 is 0 Å². The van der Waals surface area contributed by atoms with Crippen molar-refractivity contribution in [1.82, 2.24) is 0 Å². The summed E-state index contributed by atoms with van der Waals surface area (Å²) in [6.07, 6.45) is 3.38. The molecule has 0 aromatic heterocycles. The lowest BCUT2D eigenvalue weighted by Gasteiger charge is -2.15. The number of nitrogens with zero attached hydrogens (tertiary/aromatic N) is 1. The average Bonchev–Trinajstić information content (AvgIpc) is 2.88. The first-order valence-corrected chi connectivity index (χ1v) is 8.12. The van der Waals surface area contributed by atoms with Gasteiger partial charge in [0.1, 0.15) is 11.9 Å². The Morgan fingerprint density at radius 3 is 2.82 bits per heavy atom. The Morgan fingerprint density at radius 2 is 2.09 bits per heavy atom. The topological polar surface area (TPSA) is 49.8 Å². The van der Waals surface area contributed by atoms with E-state index in [-0.39, 0.29) is 18.5 Å². The molecule has 5 rings (SSSR count). The van der Waals surface area contributed by atoms with Gasteiger partial charge >= 0.3 is 6.09 Å². The number of fused-ring (bicyclic) bond motifs is 4. The molecule has 0 radical (unpaired) electrons. The summed E-state index contributed by atoms with van der Waals surface area (Å²) in [5, 5.41) is 9.35. The average molecular weight is 303 g/mol. The Hall–Kier alpha value is -1.62. The van der Waals surface area contributed by atoms with Crippen LogP contribution in [0.1, 0.15) is 36.3 Å². The van der Waals surface area contributed by atoms with E-state index in [0.29, 0.717) is 29.9 Å². The highest BCUT2D eigenvalue weighted by Crippen LogP contribution is 2.63. The Balaban J connectivity index is 1.52. The van der Waals surface area contributed by atoms with Gasteiger partial charge < -0.3 is 9.84 Å². The van der Waals surface area contributed by atoms with Crippen LogP contribution < -0.4 is 4.90 Å². The fourth-order valence-electron chi connectivity index (χ4n) is 5.00. The van der Waals surface area contributed by atoms with Crippen LogP contribution in [0.2, 0.25) is 0 Å². The fourth-order valence-corrected chi connectivity index (χ4v) is 5.00. The normalized spacial score (nSPS) is 37.8. The highest BCUT2D eigenvalue weighted by molar-refractivity contribution is 5.93. The first-order chi connectivity index (χ1) is 10.7. The summed E-state index contributed by atoms with van der Waals surface area (Å²) in [6, 6.07) is 3.27. The van der Waals surface area contributed by atoms with Crippen molar-refractivity contribution in [3.05, 3.63) is 29.1 Å². The smallest absolute Gasteiger partial charge is 0.415 e. The summed E-state index contributed by atoms with van der Waals surface area (Å²) in [7, 11) is 0. The van der Waals surface area contributed by atoms with Crippen LogP contribution in [0, 0.1) is 17.7 Å². The minimum absolute atomic E-state index is 0.191. The summed E-state index contributed by atoms with van der Waals surface area (Å²) >= 11 is 0. The monoisotopic (exact) mass is 303 g/mol. The molecule has 1 N–H and O–H groups in total. The molecule has 1 amide bonds. The zero-order chi connectivity index (χ0) is 15.0. The number of aliphatic hydroxyl groups is 1. The van der Waals surface area contributed by atoms with E-state index in [4.69, 9.17) is 4.74 Å². The van der Waals surface area contributed by atoms with Crippen molar-refractivity contribution in [3.63, 3.8) is 0 Å². The SMILES string of the molecule is O=C1O[C@@H](CO)[C@@H]2Cc3cc(C4C5CCCC54)c(F)cc3N12. The van der Waals surface area contributed by atoms with E-state index in [9.17, 15) is 14.3 Å². The van der Waals surface area contributed by atoms with Crippen molar-refractivity contribution >= 4 is 11.8 Å². The molecule has 4 atom stereocenters. The molecule has 5 heteroatoms. The standard InChI is InChI=1S/C17H18FNO3/c18-12-6-13-8(4-11(12)16-9-2-1-3-10(9)16)5-14-15(7-20)22-17(21)19(13)14/h4,6,9-10,14-16,20H,1-3,5,7H2/t9?,10?,14-,15-,16?/m0/s1. The third kappa shape index (κ3) is 1.52. The number of anilines is 1. The summed E-state index contributed by atoms with van der Waals surface area (Å²) in [5.74, 6) is 1.53. The van der Waals surface area contributed by atoms with Crippen LogP contribution in [-0.2, 0) is 11.2 Å². The molecule has 2 heterocycles. The van der Waals surface area contributed by atoms with Crippen molar-refractivity contribution in [2.24, 2.45) is 11.8 Å². The minimum atomic E-state index is -0.508. The van der Waals surface area contributed by atoms with E-state index in [1.807, 2.05) is 6.07 Å². The van der Waals surface area contributed by atoms with Gasteiger partial charge in [0.15, 0.2) is 0 Å². The number of aliphatic hydroxyl groups excluding tert-OH is 1. The van der Waals surface area contributed by atoms with Crippen LogP contribution >= 0.6 is 0 Å². The third-order valence-corrected chi connectivity index (χ3v) is 6.04. The molecule has 2 aliphatic heterocycles. The molecular weight excluding hydrogens is 285 g/mol. The number of carbonyl (C=O) groups is 1. The van der Waals surface area contributed by atoms with Crippen LogP contribution in [-0.4, -0.2) is 30.0 Å². The van der Waals surface area contributed by atoms with Gasteiger partial charge in [-0.3, -0.25) is 4.90 Å². The van der Waals surface area contributed by atoms with Crippen LogP contribution in [0.15, 0.2) is 12.1 Å². The maximum absolute atomic E-state index is 14.6. The van der Waals surface area contributed by atoms with Crippen molar-refractivity contribution in [3.8, 4) is 0 Å². The molecule has 4 aliphatic rings. The van der Waals surface area contributed by atoms with Crippen LogP contribution in [0.3, 0.4) is 0 Å². The predicted molar refractivity (Wildman–Crippen MR) is 77.3 cm³/mol. The number of benzene rings is 1. The minimum Gasteiger partial charge on any atom is -0.441 e. The van der Waals surface area contributed by atoms with Gasteiger partial charge in [-0.15, -0.1) is 0 Å². The number of amides is 1. The van der Waals surface area contributed by atoms with Gasteiger partial charge in [-0.1, -0.05) is 12.5 Å². The second kappa shape index (κ2) is 4.22. The Morgan fingerprint density at radius 1 is 1.32 bits per heavy atom. The van der Waals surface area contributed by atoms with Crippen molar-refractivity contribution in [1.29, 1.82) is 0 Å². The van der Waals surface area contributed by atoms with Gasteiger partial charge in [0, 0.05) is 0 Å². The fraction of sp³-hybridized carbons (Fsp3) is 0.588. The number of ether oxygens (including phenoxy) is 1. The van der Waals surface area contributed by atoms with Crippen molar-refractivity contribution < 1.29 is 19.0 Å². The zero-order valence-corrected chi connectivity index (χ0v) is 12.2. The number of rotatable bonds is 2. The van der Waals surface area contributed by atoms with Crippen molar-refractivity contribution in [2.45, 2.75) is 43.7 Å². The first-order valence-electron chi connectivity index (χ1n) is 8.12. The summed E-state index contributed by atoms with van der Waals surface area (Å²) in [4.78, 5) is 13.5. The molecule has 1 aromatic carbocycles. The second-order valence-electron chi connectivity index (χ2n) is 7.03. The quantitative estimate of drug-likeness (QED) is 0.913. The lowest BCUT2D eigenvalue weighted by atomic mass is 9.98. The highest BCUT2D eigenvalue weighted by Gasteiger charge is 2.55. The molecule has 22 heavy (non-hydrogen) atoms. The van der Waals surface area contributed by atoms with Gasteiger partial charge in [-0.2, -0.15) is 0 Å². The van der Waals surface area contributed by atoms with Crippen LogP contribution in [0.5, 0.6) is 0 Å². The molecule has 116 valence electrons. The number of cyclic esters (lactones) is 1. The number of carbonyl (C=O) groups excluding carboxylic acids is 1. The van der Waals surface area contributed by atoms with E-state index in [1.54, 1.807) is 0 Å². The molecule has 2 unspecified atom stereocenters. The van der Waals surface area contributed by atoms with Gasteiger partial charge in [-0.05, 0) is 54.2 Å². The van der Waals surface area contributed by atoms with E-state index in [0.717, 1.165) is 11.1 Å². The van der Waals surface area contributed by atoms with E-state index in [2.05, 4.69) is 0 Å². The predicted octanol–water partition coefficient (Wildman–Crippen LogP) is 2.58. The molecule has 0 spiro atoms. The van der Waals surface area contributed by atoms with E-state index < -0.39 is 12.2 Å². The number of hydrogen-bond donors (Lipinski definition) is 1. The van der Waals surface area contributed by atoms with Crippen LogP contribution in [0.4, 0.5) is 14.9 Å². The third-order valence-electron chi connectivity index (χ3n) is 6.04. The molecule has 2 aliphatic carbocycles. The summed E-state index contributed by atoms with van der Waals surface area (Å²) in [5.41, 5.74) is 2.48. The molecule has 2 saturated carbocycles. The van der Waals surface area contributed by atoms with Gasteiger partial charge in [-0.25, -0.2) is 9.18 Å². The molecular formula is C17H18FNO3. The Bertz CT molecular complexity index is 666. The summed E-state index contributed by atoms with van der Waals surface area (Å²) < 4.78 is 19.7. The highest BCUT2D eigenvalue weighted by atomic mass is 19.1. The van der Waals surface area contributed by atoms with Gasteiger partial charge in [0.2, 0.25) is 0 Å². The summed E-state index contributed by atoms with van der Waals surface area (Å²) in [6.45, 7) is -0.191. The zero-order valence-electron chi connectivity index (χ0n) is 12.2. The number of halogens is 1. The molecule has 1 saturated heterocycles. The lowest BCUT2D eigenvalue weighted by molar-refractivity contribution is 0.0830. The van der Waals surface area contributed by atoms with Crippen LogP contribution in [0.25, 0.3) is 0 Å². The largest absolute Gasteiger partial charge is 0.441 e. The molecule has 4 nitrogen and oxygen atoms in total. The first kappa shape index (κ1) is 12.9. The molecule has 0 bridgehead atoms. The van der Waals surface area contributed by atoms with Crippen molar-refractivity contribution in [2.75, 3.05) is 11.5 Å². The number of hydrogen-bond acceptors (Lipinski definition) is 3. The Kier molecular flexibility index (Phi) is 2.47. The Labute approximate surface area is 127 Å². The van der Waals surface area contributed by atoms with Gasteiger partial charge in [0.25, 0.3) is 0 Å². The molecule has 3 fully saturated rings. The maximum Gasteiger partial charge on any atom is 0.415 e. The van der Waals surface area contributed by atoms with E-state index in [1.165, 1.54) is 30.2 Å². The van der Waals surface area contributed by atoms with Gasteiger partial charge in [0.05, 0.1) is 18.3 Å². The lowest BCUT2D eigenvalue weighted by Crippen LogP contribution is -2.34.